The van der Waals surface area contributed by atoms with E-state index in [1.165, 1.54) is 17.2 Å². The van der Waals surface area contributed by atoms with E-state index in [1.54, 1.807) is 19.2 Å². The number of hydrogen-bond acceptors (Lipinski definition) is 2. The second kappa shape index (κ2) is 8.50. The van der Waals surface area contributed by atoms with Crippen molar-refractivity contribution in [3.8, 4) is 5.75 Å². The van der Waals surface area contributed by atoms with Gasteiger partial charge in [0.25, 0.3) is 5.91 Å². The third-order valence-electron chi connectivity index (χ3n) is 6.22. The standard InChI is InChI=1S/C27H25FN2O2/c1-32-23-10-8-19(9-11-23)12-14-29-15-13-21-18-30(17-20-4-2-5-22(28)16-20)25-7-3-6-24(26(21)25)27(29)31/h2-11,16,18H,12-15,17H2,1H3. The van der Waals surface area contributed by atoms with Gasteiger partial charge in [-0.25, -0.2) is 4.39 Å². The average Bonchev–Trinajstić information content (AvgIpc) is 3.09. The Morgan fingerprint density at radius 2 is 1.81 bits per heavy atom. The fourth-order valence-electron chi connectivity index (χ4n) is 4.57. The Labute approximate surface area is 186 Å². The summed E-state index contributed by atoms with van der Waals surface area (Å²) >= 11 is 0. The molecule has 0 N–H and O–H groups in total. The van der Waals surface area contributed by atoms with Crippen molar-refractivity contribution in [2.45, 2.75) is 19.4 Å². The molecular formula is C27H25FN2O2. The number of rotatable bonds is 6. The van der Waals surface area contributed by atoms with Gasteiger partial charge in [-0.3, -0.25) is 4.79 Å². The van der Waals surface area contributed by atoms with Crippen molar-refractivity contribution < 1.29 is 13.9 Å². The zero-order valence-electron chi connectivity index (χ0n) is 18.1. The van der Waals surface area contributed by atoms with Crippen molar-refractivity contribution in [3.63, 3.8) is 0 Å². The summed E-state index contributed by atoms with van der Waals surface area (Å²) in [7, 11) is 1.66. The molecule has 5 heteroatoms. The van der Waals surface area contributed by atoms with Crippen LogP contribution in [0.2, 0.25) is 0 Å². The molecule has 0 saturated carbocycles. The van der Waals surface area contributed by atoms with Crippen LogP contribution in [0, 0.1) is 5.82 Å². The van der Waals surface area contributed by atoms with Crippen molar-refractivity contribution in [3.05, 3.63) is 101 Å². The molecule has 1 amide bonds. The normalized spacial score (nSPS) is 13.4. The predicted molar refractivity (Wildman–Crippen MR) is 124 cm³/mol. The largest absolute Gasteiger partial charge is 0.497 e. The zero-order chi connectivity index (χ0) is 22.1. The maximum Gasteiger partial charge on any atom is 0.254 e. The molecule has 0 fully saturated rings. The molecule has 0 radical (unpaired) electrons. The molecule has 1 aliphatic rings. The first kappa shape index (κ1) is 20.3. The summed E-state index contributed by atoms with van der Waals surface area (Å²) in [5.74, 6) is 0.677. The highest BCUT2D eigenvalue weighted by Crippen LogP contribution is 2.30. The van der Waals surface area contributed by atoms with Gasteiger partial charge in [0.2, 0.25) is 0 Å². The summed E-state index contributed by atoms with van der Waals surface area (Å²) in [4.78, 5) is 15.4. The van der Waals surface area contributed by atoms with Gasteiger partial charge >= 0.3 is 0 Å². The van der Waals surface area contributed by atoms with Crippen LogP contribution in [0.15, 0.2) is 72.9 Å². The lowest BCUT2D eigenvalue weighted by atomic mass is 10.1. The summed E-state index contributed by atoms with van der Waals surface area (Å²) in [6, 6.07) is 20.6. The Morgan fingerprint density at radius 1 is 1.00 bits per heavy atom. The Hall–Kier alpha value is -3.60. The minimum absolute atomic E-state index is 0.0753. The molecule has 3 aromatic carbocycles. The van der Waals surface area contributed by atoms with E-state index in [0.29, 0.717) is 19.6 Å². The molecule has 0 atom stereocenters. The van der Waals surface area contributed by atoms with E-state index >= 15 is 0 Å². The molecule has 0 unspecified atom stereocenters. The number of carbonyl (C=O) groups excluding carboxylic acids is 1. The molecule has 4 nitrogen and oxygen atoms in total. The van der Waals surface area contributed by atoms with Gasteiger partial charge in [-0.15, -0.1) is 0 Å². The maximum atomic E-state index is 13.6. The Bertz CT molecular complexity index is 1280. The maximum absolute atomic E-state index is 13.6. The number of benzene rings is 3. The number of carbonyl (C=O) groups is 1. The van der Waals surface area contributed by atoms with Crippen LogP contribution in [0.5, 0.6) is 5.75 Å². The van der Waals surface area contributed by atoms with Gasteiger partial charge in [0, 0.05) is 42.3 Å². The average molecular weight is 429 g/mol. The van der Waals surface area contributed by atoms with E-state index in [1.807, 2.05) is 53.4 Å². The SMILES string of the molecule is COc1ccc(CCN2CCc3cn(Cc4cccc(F)c4)c4cccc(c34)C2=O)cc1. The summed E-state index contributed by atoms with van der Waals surface area (Å²) in [5, 5.41) is 1.03. The minimum atomic E-state index is -0.233. The highest BCUT2D eigenvalue weighted by molar-refractivity contribution is 6.08. The molecule has 1 aliphatic heterocycles. The van der Waals surface area contributed by atoms with Crippen molar-refractivity contribution in [2.24, 2.45) is 0 Å². The third kappa shape index (κ3) is 3.86. The predicted octanol–water partition coefficient (Wildman–Crippen LogP) is 5.08. The number of amides is 1. The lowest BCUT2D eigenvalue weighted by Crippen LogP contribution is -2.33. The van der Waals surface area contributed by atoms with Crippen LogP contribution < -0.4 is 4.74 Å². The van der Waals surface area contributed by atoms with Crippen LogP contribution >= 0.6 is 0 Å². The summed E-state index contributed by atoms with van der Waals surface area (Å²) in [5.41, 5.74) is 5.03. The molecule has 32 heavy (non-hydrogen) atoms. The van der Waals surface area contributed by atoms with E-state index in [9.17, 15) is 9.18 Å². The van der Waals surface area contributed by atoms with E-state index < -0.39 is 0 Å². The van der Waals surface area contributed by atoms with E-state index in [4.69, 9.17) is 4.74 Å². The van der Waals surface area contributed by atoms with E-state index in [-0.39, 0.29) is 11.7 Å². The van der Waals surface area contributed by atoms with Gasteiger partial charge in [-0.2, -0.15) is 0 Å². The molecular weight excluding hydrogens is 403 g/mol. The van der Waals surface area contributed by atoms with Crippen LogP contribution in [0.4, 0.5) is 4.39 Å². The zero-order valence-corrected chi connectivity index (χ0v) is 18.1. The van der Waals surface area contributed by atoms with Gasteiger partial charge in [-0.1, -0.05) is 30.3 Å². The third-order valence-corrected chi connectivity index (χ3v) is 6.22. The van der Waals surface area contributed by atoms with Gasteiger partial charge in [-0.05, 0) is 65.9 Å². The number of halogens is 1. The number of hydrogen-bond donors (Lipinski definition) is 0. The van der Waals surface area contributed by atoms with Gasteiger partial charge in [0.05, 0.1) is 7.11 Å². The van der Waals surface area contributed by atoms with Crippen molar-refractivity contribution >= 4 is 16.8 Å². The summed E-state index contributed by atoms with van der Waals surface area (Å²) in [6.45, 7) is 1.94. The molecule has 0 aliphatic carbocycles. The molecule has 0 bridgehead atoms. The number of methoxy groups -OCH3 is 1. The fourth-order valence-corrected chi connectivity index (χ4v) is 4.57. The molecule has 0 saturated heterocycles. The minimum Gasteiger partial charge on any atom is -0.497 e. The number of nitrogens with zero attached hydrogens (tertiary/aromatic N) is 2. The van der Waals surface area contributed by atoms with Gasteiger partial charge < -0.3 is 14.2 Å². The van der Waals surface area contributed by atoms with Gasteiger partial charge in [0.15, 0.2) is 0 Å². The van der Waals surface area contributed by atoms with Crippen molar-refractivity contribution in [1.82, 2.24) is 9.47 Å². The first-order chi connectivity index (χ1) is 15.6. The molecule has 5 rings (SSSR count). The number of aromatic nitrogens is 1. The highest BCUT2D eigenvalue weighted by Gasteiger charge is 2.25. The molecule has 4 aromatic rings. The Kier molecular flexibility index (Phi) is 5.39. The van der Waals surface area contributed by atoms with Crippen LogP contribution in [-0.4, -0.2) is 35.6 Å². The monoisotopic (exact) mass is 428 g/mol. The molecule has 1 aromatic heterocycles. The smallest absolute Gasteiger partial charge is 0.254 e. The van der Waals surface area contributed by atoms with Crippen LogP contribution in [0.3, 0.4) is 0 Å². The van der Waals surface area contributed by atoms with Crippen LogP contribution in [0.25, 0.3) is 10.9 Å². The van der Waals surface area contributed by atoms with Crippen molar-refractivity contribution in [2.75, 3.05) is 20.2 Å². The Morgan fingerprint density at radius 3 is 2.59 bits per heavy atom. The number of ether oxygens (including phenoxy) is 1. The first-order valence-electron chi connectivity index (χ1n) is 10.9. The topological polar surface area (TPSA) is 34.5 Å². The first-order valence-corrected chi connectivity index (χ1v) is 10.9. The molecule has 2 heterocycles. The van der Waals surface area contributed by atoms with Gasteiger partial charge in [0.1, 0.15) is 11.6 Å². The summed E-state index contributed by atoms with van der Waals surface area (Å²) < 4.78 is 21.0. The second-order valence-electron chi connectivity index (χ2n) is 8.25. The van der Waals surface area contributed by atoms with Crippen molar-refractivity contribution in [1.29, 1.82) is 0 Å². The lowest BCUT2D eigenvalue weighted by Gasteiger charge is -2.21. The highest BCUT2D eigenvalue weighted by atomic mass is 19.1. The van der Waals surface area contributed by atoms with Crippen LogP contribution in [-0.2, 0) is 19.4 Å². The van der Waals surface area contributed by atoms with E-state index in [2.05, 4.69) is 10.8 Å². The quantitative estimate of drug-likeness (QED) is 0.429. The Balaban J connectivity index is 1.40. The molecule has 0 spiro atoms. The van der Waals surface area contributed by atoms with Crippen LogP contribution in [0.1, 0.15) is 27.0 Å². The lowest BCUT2D eigenvalue weighted by molar-refractivity contribution is 0.0764. The molecule has 162 valence electrons. The fraction of sp³-hybridized carbons (Fsp3) is 0.222. The summed E-state index contributed by atoms with van der Waals surface area (Å²) in [6.07, 6.45) is 3.73. The second-order valence-corrected chi connectivity index (χ2v) is 8.25. The van der Waals surface area contributed by atoms with E-state index in [0.717, 1.165) is 40.6 Å².